The number of aliphatic hydroxyl groups is 1. The van der Waals surface area contributed by atoms with E-state index >= 15 is 4.39 Å². The smallest absolute Gasteiger partial charge is 0.418 e. The SMILES string of the molecule is CC[C@@H]([C@H](C)O)n1ncn(-c2ccc(N3CCN(c4ccc(OC[C@@H]5CO[C@@](Cn6c[n+](C(C)OC(=O)N(C)c7ncccc7COC(=O)CN)cn6)(c6ccc(F)cc6F)C5)cc4)CC3)cc2)c1=O. The van der Waals surface area contributed by atoms with Gasteiger partial charge in [0.05, 0.1) is 37.6 Å². The summed E-state index contributed by atoms with van der Waals surface area (Å²) in [4.78, 5) is 48.1. The van der Waals surface area contributed by atoms with Gasteiger partial charge in [-0.05, 0) is 80.4 Å². The number of nitrogens with two attached hydrogens (primary N) is 1. The highest BCUT2D eigenvalue weighted by molar-refractivity contribution is 5.86. The van der Waals surface area contributed by atoms with Crippen molar-refractivity contribution < 1.29 is 47.0 Å². The van der Waals surface area contributed by atoms with E-state index in [1.807, 2.05) is 55.5 Å². The number of carbonyl (C=O) groups is 2. The molecule has 1 amide bonds. The Balaban J connectivity index is 0.851. The highest BCUT2D eigenvalue weighted by atomic mass is 19.1. The second-order valence-electron chi connectivity index (χ2n) is 17.5. The van der Waals surface area contributed by atoms with Crippen LogP contribution in [0.5, 0.6) is 5.75 Å². The maximum Gasteiger partial charge on any atom is 0.418 e. The summed E-state index contributed by atoms with van der Waals surface area (Å²) in [6, 6.07) is 22.1. The Bertz CT molecular complexity index is 2800. The number of benzene rings is 3. The molecule has 3 N–H and O–H groups in total. The number of aromatic nitrogens is 7. The molecule has 0 bridgehead atoms. The third kappa shape index (κ3) is 11.0. The second kappa shape index (κ2) is 21.6. The first-order chi connectivity index (χ1) is 33.7. The lowest BCUT2D eigenvalue weighted by atomic mass is 9.87. The molecule has 0 aliphatic carbocycles. The maximum atomic E-state index is 15.6. The number of halogens is 2. The number of esters is 1. The van der Waals surface area contributed by atoms with E-state index in [1.54, 1.807) is 41.6 Å². The summed E-state index contributed by atoms with van der Waals surface area (Å²) < 4.78 is 59.3. The minimum absolute atomic E-state index is 0.0600. The van der Waals surface area contributed by atoms with Crippen molar-refractivity contribution in [1.82, 2.24) is 29.1 Å². The molecular formula is C49H58F2N11O8+. The zero-order valence-corrected chi connectivity index (χ0v) is 39.5. The number of ether oxygens (including phenoxy) is 4. The number of hydrogen-bond acceptors (Lipinski definition) is 14. The van der Waals surface area contributed by atoms with E-state index in [1.165, 1.54) is 52.2 Å². The standard InChI is InChI=1S/C49H58F2N11O8/c1-5-44(33(2)63)62-47(65)61(31-55-62)40-11-9-38(10-12-40)57-19-21-58(22-20-57)39-13-15-41(16-14-39)67-26-35-24-49(69-27-35,42-17-8-37(50)23-43(42)51)29-60-32-59(30-54-60)34(3)70-48(66)56(4)46-36(7-6-18-53-46)28-68-45(64)25-52/h6-18,23,30-35,44,63H,5,19-22,24-29,52H2,1-4H3/q+1/t33-,34?,35+,44-,49-/m0/s1. The van der Waals surface area contributed by atoms with Crippen LogP contribution in [0.4, 0.5) is 30.8 Å². The summed E-state index contributed by atoms with van der Waals surface area (Å²) in [7, 11) is 1.48. The van der Waals surface area contributed by atoms with Crippen molar-refractivity contribution in [1.29, 1.82) is 0 Å². The van der Waals surface area contributed by atoms with Crippen LogP contribution in [0.3, 0.4) is 0 Å². The zero-order chi connectivity index (χ0) is 49.5. The molecule has 8 rings (SSSR count). The quantitative estimate of drug-likeness (QED) is 0.0891. The van der Waals surface area contributed by atoms with Crippen LogP contribution >= 0.6 is 0 Å². The summed E-state index contributed by atoms with van der Waals surface area (Å²) in [5.74, 6) is -1.31. The molecule has 5 heterocycles. The van der Waals surface area contributed by atoms with Crippen LogP contribution in [-0.2, 0) is 37.8 Å². The third-order valence-corrected chi connectivity index (χ3v) is 12.8. The summed E-state index contributed by atoms with van der Waals surface area (Å²) in [6.45, 7) is 8.59. The van der Waals surface area contributed by atoms with Crippen molar-refractivity contribution in [2.24, 2.45) is 11.7 Å². The summed E-state index contributed by atoms with van der Waals surface area (Å²) >= 11 is 0. The van der Waals surface area contributed by atoms with Gasteiger partial charge in [-0.3, -0.25) is 9.69 Å². The first-order valence-electron chi connectivity index (χ1n) is 23.2. The summed E-state index contributed by atoms with van der Waals surface area (Å²) in [6.07, 6.45) is 4.72. The Labute approximate surface area is 403 Å². The molecule has 3 aromatic heterocycles. The second-order valence-corrected chi connectivity index (χ2v) is 17.5. The van der Waals surface area contributed by atoms with Crippen LogP contribution in [0.2, 0.25) is 0 Å². The molecule has 5 atom stereocenters. The van der Waals surface area contributed by atoms with Crippen LogP contribution in [0.1, 0.15) is 57.0 Å². The number of carbonyl (C=O) groups excluding carboxylic acids is 2. The number of pyridine rings is 1. The first kappa shape index (κ1) is 49.2. The van der Waals surface area contributed by atoms with Crippen molar-refractivity contribution in [2.75, 3.05) is 67.7 Å². The van der Waals surface area contributed by atoms with Crippen molar-refractivity contribution >= 4 is 29.3 Å². The van der Waals surface area contributed by atoms with Crippen LogP contribution in [0.25, 0.3) is 5.69 Å². The van der Waals surface area contributed by atoms with Crippen molar-refractivity contribution in [3.05, 3.63) is 137 Å². The van der Waals surface area contributed by atoms with Crippen LogP contribution in [0, 0.1) is 17.6 Å². The topological polar surface area (TPSA) is 201 Å². The fourth-order valence-corrected chi connectivity index (χ4v) is 8.97. The number of anilines is 3. The normalized spacial score (nSPS) is 18.3. The lowest BCUT2D eigenvalue weighted by Crippen LogP contribution is -2.46. The zero-order valence-electron chi connectivity index (χ0n) is 39.5. The number of nitrogens with zero attached hydrogens (tertiary/aromatic N) is 10. The molecule has 2 saturated heterocycles. The first-order valence-corrected chi connectivity index (χ1v) is 23.2. The van der Waals surface area contributed by atoms with E-state index in [9.17, 15) is 23.9 Å². The predicted molar refractivity (Wildman–Crippen MR) is 252 cm³/mol. The molecule has 0 radical (unpaired) electrons. The lowest BCUT2D eigenvalue weighted by Gasteiger charge is -2.37. The molecule has 6 aromatic rings. The Kier molecular flexibility index (Phi) is 15.2. The van der Waals surface area contributed by atoms with Gasteiger partial charge in [-0.15, -0.1) is 4.68 Å². The Morgan fingerprint density at radius 1 is 0.986 bits per heavy atom. The number of hydrogen-bond donors (Lipinski definition) is 2. The summed E-state index contributed by atoms with van der Waals surface area (Å²) in [5, 5.41) is 18.9. The molecule has 19 nitrogen and oxygen atoms in total. The van der Waals surface area contributed by atoms with Crippen molar-refractivity contribution in [2.45, 2.75) is 70.7 Å². The Morgan fingerprint density at radius 3 is 2.33 bits per heavy atom. The van der Waals surface area contributed by atoms with Gasteiger partial charge in [-0.25, -0.2) is 32.6 Å². The third-order valence-electron chi connectivity index (χ3n) is 12.8. The molecule has 2 fully saturated rings. The minimum Gasteiger partial charge on any atom is -0.493 e. The number of piperazine rings is 1. The minimum atomic E-state index is -1.23. The molecule has 1 unspecified atom stereocenters. The Morgan fingerprint density at radius 2 is 1.67 bits per heavy atom. The van der Waals surface area contributed by atoms with E-state index in [2.05, 4.69) is 25.0 Å². The van der Waals surface area contributed by atoms with Crippen LogP contribution < -0.4 is 35.4 Å². The molecule has 70 heavy (non-hydrogen) atoms. The average molecular weight is 967 g/mol. The van der Waals surface area contributed by atoms with E-state index < -0.39 is 47.7 Å². The molecule has 0 saturated carbocycles. The summed E-state index contributed by atoms with van der Waals surface area (Å²) in [5.41, 5.74) is 7.31. The molecule has 370 valence electrons. The monoisotopic (exact) mass is 966 g/mol. The van der Waals surface area contributed by atoms with Gasteiger partial charge in [0, 0.05) is 85.9 Å². The number of aliphatic hydroxyl groups excluding tert-OH is 1. The lowest BCUT2D eigenvalue weighted by molar-refractivity contribution is -0.753. The fourth-order valence-electron chi connectivity index (χ4n) is 8.97. The van der Waals surface area contributed by atoms with Gasteiger partial charge in [0.25, 0.3) is 6.33 Å². The van der Waals surface area contributed by atoms with Gasteiger partial charge in [-0.2, -0.15) is 9.67 Å². The molecule has 0 spiro atoms. The molecule has 21 heteroatoms. The highest BCUT2D eigenvalue weighted by Gasteiger charge is 2.46. The van der Waals surface area contributed by atoms with Gasteiger partial charge in [-0.1, -0.05) is 19.1 Å². The highest BCUT2D eigenvalue weighted by Crippen LogP contribution is 2.42. The molecular weight excluding hydrogens is 909 g/mol. The number of rotatable bonds is 18. The average Bonchev–Trinajstić information content (AvgIpc) is 4.12. The molecule has 2 aliphatic rings. The largest absolute Gasteiger partial charge is 0.493 e. The predicted octanol–water partition coefficient (Wildman–Crippen LogP) is 4.65. The van der Waals surface area contributed by atoms with E-state index in [0.717, 1.165) is 43.6 Å². The van der Waals surface area contributed by atoms with Crippen molar-refractivity contribution in [3.8, 4) is 11.4 Å². The van der Waals surface area contributed by atoms with Gasteiger partial charge in [0.1, 0.15) is 48.3 Å². The maximum absolute atomic E-state index is 15.6. The van der Waals surface area contributed by atoms with Gasteiger partial charge >= 0.3 is 17.8 Å². The number of amides is 1. The van der Waals surface area contributed by atoms with E-state index in [4.69, 9.17) is 24.7 Å². The van der Waals surface area contributed by atoms with E-state index in [-0.39, 0.29) is 55.9 Å². The molecule has 3 aromatic carbocycles. The van der Waals surface area contributed by atoms with Gasteiger partial charge in [0.15, 0.2) is 0 Å². The van der Waals surface area contributed by atoms with Gasteiger partial charge in [0.2, 0.25) is 12.6 Å². The Hall–Kier alpha value is -7.23. The van der Waals surface area contributed by atoms with Crippen LogP contribution in [0.15, 0.2) is 109 Å². The van der Waals surface area contributed by atoms with Crippen molar-refractivity contribution in [3.63, 3.8) is 0 Å². The van der Waals surface area contributed by atoms with E-state index in [0.29, 0.717) is 29.8 Å². The fraction of sp³-hybridized carbons (Fsp3) is 0.408. The van der Waals surface area contributed by atoms with Crippen LogP contribution in [-0.4, -0.2) is 105 Å². The molecule has 2 aliphatic heterocycles. The van der Waals surface area contributed by atoms with Gasteiger partial charge < -0.3 is 39.6 Å².